The van der Waals surface area contributed by atoms with Gasteiger partial charge < -0.3 is 15.5 Å². The van der Waals surface area contributed by atoms with Gasteiger partial charge in [-0.3, -0.25) is 9.59 Å². The fourth-order valence-electron chi connectivity index (χ4n) is 2.84. The van der Waals surface area contributed by atoms with Crippen LogP contribution in [0.5, 0.6) is 0 Å². The number of hydrogen-bond acceptors (Lipinski definition) is 3. The minimum absolute atomic E-state index is 0.0435. The maximum absolute atomic E-state index is 12.2. The third-order valence-corrected chi connectivity index (χ3v) is 3.92. The molecule has 2 aliphatic rings. The van der Waals surface area contributed by atoms with Crippen molar-refractivity contribution < 1.29 is 9.59 Å². The number of amides is 2. The van der Waals surface area contributed by atoms with Gasteiger partial charge in [0.1, 0.15) is 6.04 Å². The molecular weight excluding hydrogens is 254 g/mol. The average Bonchev–Trinajstić information content (AvgIpc) is 3.10. The summed E-state index contributed by atoms with van der Waals surface area (Å²) in [6.45, 7) is 2.07. The van der Waals surface area contributed by atoms with E-state index in [0.717, 1.165) is 24.5 Å². The molecule has 5 heteroatoms. The van der Waals surface area contributed by atoms with E-state index in [1.165, 1.54) is 12.8 Å². The molecule has 1 aromatic rings. The number of rotatable bonds is 3. The molecule has 5 nitrogen and oxygen atoms in total. The van der Waals surface area contributed by atoms with Crippen LogP contribution in [-0.4, -0.2) is 30.9 Å². The summed E-state index contributed by atoms with van der Waals surface area (Å²) in [4.78, 5) is 25.7. The van der Waals surface area contributed by atoms with Crippen molar-refractivity contribution in [3.63, 3.8) is 0 Å². The van der Waals surface area contributed by atoms with Crippen LogP contribution in [-0.2, 0) is 9.59 Å². The molecule has 1 atom stereocenters. The largest absolute Gasteiger partial charge is 0.370 e. The summed E-state index contributed by atoms with van der Waals surface area (Å²) >= 11 is 0. The summed E-state index contributed by atoms with van der Waals surface area (Å²) in [6, 6.07) is 7.47. The topological polar surface area (TPSA) is 61.4 Å². The van der Waals surface area contributed by atoms with E-state index in [4.69, 9.17) is 0 Å². The number of carbonyl (C=O) groups excluding carboxylic acids is 2. The van der Waals surface area contributed by atoms with Gasteiger partial charge in [-0.25, -0.2) is 0 Å². The van der Waals surface area contributed by atoms with Crippen molar-refractivity contribution in [1.82, 2.24) is 5.32 Å². The first-order chi connectivity index (χ1) is 9.74. The fourth-order valence-corrected chi connectivity index (χ4v) is 2.84. The number of nitrogens with one attached hydrogen (secondary N) is 2. The molecule has 2 saturated heterocycles. The van der Waals surface area contributed by atoms with Crippen molar-refractivity contribution in [1.29, 1.82) is 0 Å². The Balaban J connectivity index is 1.73. The minimum Gasteiger partial charge on any atom is -0.370 e. The molecule has 2 N–H and O–H groups in total. The molecule has 0 radical (unpaired) electrons. The van der Waals surface area contributed by atoms with Crippen LogP contribution in [0.15, 0.2) is 24.3 Å². The summed E-state index contributed by atoms with van der Waals surface area (Å²) < 4.78 is 0. The second-order valence-electron chi connectivity index (χ2n) is 5.36. The highest BCUT2D eigenvalue weighted by atomic mass is 16.2. The number of para-hydroxylation sites is 2. The Labute approximate surface area is 118 Å². The molecule has 2 aliphatic heterocycles. The highest BCUT2D eigenvalue weighted by molar-refractivity contribution is 6.01. The average molecular weight is 273 g/mol. The molecule has 0 bridgehead atoms. The zero-order valence-electron chi connectivity index (χ0n) is 11.4. The van der Waals surface area contributed by atoms with Gasteiger partial charge in [0.25, 0.3) is 0 Å². The lowest BCUT2D eigenvalue weighted by Crippen LogP contribution is -2.37. The lowest BCUT2D eigenvalue weighted by molar-refractivity contribution is -0.122. The number of nitrogens with zero attached hydrogens (tertiary/aromatic N) is 1. The molecule has 20 heavy (non-hydrogen) atoms. The number of hydrogen-bond donors (Lipinski definition) is 2. The van der Waals surface area contributed by atoms with Crippen molar-refractivity contribution >= 4 is 23.2 Å². The normalized spacial score (nSPS) is 21.9. The molecule has 1 unspecified atom stereocenters. The Morgan fingerprint density at radius 1 is 1.25 bits per heavy atom. The standard InChI is InChI=1S/C15H19N3O2/c19-14-8-7-12(16-14)15(20)17-11-5-1-2-6-13(11)18-9-3-4-10-18/h1-2,5-6,12H,3-4,7-10H2,(H,16,19)(H,17,20). The third-order valence-electron chi connectivity index (χ3n) is 3.92. The van der Waals surface area contributed by atoms with Crippen molar-refractivity contribution in [3.8, 4) is 0 Å². The first-order valence-corrected chi connectivity index (χ1v) is 7.18. The number of anilines is 2. The van der Waals surface area contributed by atoms with E-state index in [1.807, 2.05) is 24.3 Å². The molecule has 0 saturated carbocycles. The SMILES string of the molecule is O=C1CCC(C(=O)Nc2ccccc2N2CCCC2)N1. The maximum atomic E-state index is 12.2. The van der Waals surface area contributed by atoms with Crippen LogP contribution in [0.25, 0.3) is 0 Å². The van der Waals surface area contributed by atoms with Gasteiger partial charge >= 0.3 is 0 Å². The maximum Gasteiger partial charge on any atom is 0.247 e. The molecule has 2 amide bonds. The molecule has 3 rings (SSSR count). The van der Waals surface area contributed by atoms with Crippen molar-refractivity contribution in [2.45, 2.75) is 31.7 Å². The second kappa shape index (κ2) is 5.53. The summed E-state index contributed by atoms with van der Waals surface area (Å²) in [6.07, 6.45) is 3.41. The van der Waals surface area contributed by atoms with Gasteiger partial charge in [0, 0.05) is 19.5 Å². The predicted octanol–water partition coefficient (Wildman–Crippen LogP) is 1.50. The summed E-state index contributed by atoms with van der Waals surface area (Å²) in [5, 5.41) is 5.65. The van der Waals surface area contributed by atoms with Gasteiger partial charge in [0.05, 0.1) is 11.4 Å². The Kier molecular flexibility index (Phi) is 3.58. The predicted molar refractivity (Wildman–Crippen MR) is 77.7 cm³/mol. The van der Waals surface area contributed by atoms with Crippen LogP contribution in [0.3, 0.4) is 0 Å². The van der Waals surface area contributed by atoms with Crippen LogP contribution >= 0.6 is 0 Å². The van der Waals surface area contributed by atoms with Crippen LogP contribution in [0, 0.1) is 0 Å². The highest BCUT2D eigenvalue weighted by Gasteiger charge is 2.28. The molecular formula is C15H19N3O2. The van der Waals surface area contributed by atoms with Gasteiger partial charge in [-0.15, -0.1) is 0 Å². The van der Waals surface area contributed by atoms with E-state index in [-0.39, 0.29) is 11.8 Å². The van der Waals surface area contributed by atoms with Gasteiger partial charge in [-0.05, 0) is 31.4 Å². The van der Waals surface area contributed by atoms with Crippen molar-refractivity contribution in [3.05, 3.63) is 24.3 Å². The second-order valence-corrected chi connectivity index (χ2v) is 5.36. The fraction of sp³-hybridized carbons (Fsp3) is 0.467. The summed E-state index contributed by atoms with van der Waals surface area (Å²) in [5.41, 5.74) is 1.91. The molecule has 0 spiro atoms. The van der Waals surface area contributed by atoms with E-state index in [2.05, 4.69) is 15.5 Å². The van der Waals surface area contributed by atoms with E-state index in [0.29, 0.717) is 12.8 Å². The van der Waals surface area contributed by atoms with E-state index in [1.54, 1.807) is 0 Å². The molecule has 0 aliphatic carbocycles. The summed E-state index contributed by atoms with van der Waals surface area (Å²) in [5.74, 6) is -0.166. The Bertz CT molecular complexity index is 524. The highest BCUT2D eigenvalue weighted by Crippen LogP contribution is 2.28. The summed E-state index contributed by atoms with van der Waals surface area (Å²) in [7, 11) is 0. The molecule has 1 aromatic carbocycles. The minimum atomic E-state index is -0.394. The Hall–Kier alpha value is -2.04. The smallest absolute Gasteiger partial charge is 0.247 e. The van der Waals surface area contributed by atoms with Crippen LogP contribution < -0.4 is 15.5 Å². The first kappa shape index (κ1) is 13.0. The quantitative estimate of drug-likeness (QED) is 0.877. The molecule has 106 valence electrons. The Morgan fingerprint density at radius 2 is 2.00 bits per heavy atom. The van der Waals surface area contributed by atoms with E-state index >= 15 is 0 Å². The van der Waals surface area contributed by atoms with E-state index < -0.39 is 6.04 Å². The lowest BCUT2D eigenvalue weighted by Gasteiger charge is -2.22. The number of benzene rings is 1. The van der Waals surface area contributed by atoms with Gasteiger partial charge in [0.2, 0.25) is 11.8 Å². The van der Waals surface area contributed by atoms with Gasteiger partial charge in [-0.2, -0.15) is 0 Å². The lowest BCUT2D eigenvalue weighted by atomic mass is 10.2. The third kappa shape index (κ3) is 2.61. The zero-order valence-corrected chi connectivity index (χ0v) is 11.4. The van der Waals surface area contributed by atoms with E-state index in [9.17, 15) is 9.59 Å². The van der Waals surface area contributed by atoms with Crippen molar-refractivity contribution in [2.24, 2.45) is 0 Å². The van der Waals surface area contributed by atoms with Crippen molar-refractivity contribution in [2.75, 3.05) is 23.3 Å². The molecule has 2 heterocycles. The van der Waals surface area contributed by atoms with Gasteiger partial charge in [-0.1, -0.05) is 12.1 Å². The van der Waals surface area contributed by atoms with Gasteiger partial charge in [0.15, 0.2) is 0 Å². The molecule has 2 fully saturated rings. The number of carbonyl (C=O) groups is 2. The monoisotopic (exact) mass is 273 g/mol. The Morgan fingerprint density at radius 3 is 2.70 bits per heavy atom. The first-order valence-electron chi connectivity index (χ1n) is 7.18. The van der Waals surface area contributed by atoms with Crippen LogP contribution in [0.4, 0.5) is 11.4 Å². The van der Waals surface area contributed by atoms with Crippen LogP contribution in [0.1, 0.15) is 25.7 Å². The zero-order chi connectivity index (χ0) is 13.9. The molecule has 0 aromatic heterocycles. The van der Waals surface area contributed by atoms with Crippen LogP contribution in [0.2, 0.25) is 0 Å².